The van der Waals surface area contributed by atoms with Crippen LogP contribution < -0.4 is 10.5 Å². The summed E-state index contributed by atoms with van der Waals surface area (Å²) < 4.78 is 4.96. The zero-order valence-corrected chi connectivity index (χ0v) is 10.1. The van der Waals surface area contributed by atoms with Crippen molar-refractivity contribution in [3.8, 4) is 5.75 Å². The lowest BCUT2D eigenvalue weighted by molar-refractivity contribution is -0.137. The molecular weight excluding hydrogens is 242 g/mol. The molecule has 0 fully saturated rings. The van der Waals surface area contributed by atoms with Crippen molar-refractivity contribution >= 4 is 22.8 Å². The summed E-state index contributed by atoms with van der Waals surface area (Å²) in [7, 11) is 1.54. The maximum atomic E-state index is 11.6. The third kappa shape index (κ3) is 4.08. The van der Waals surface area contributed by atoms with Crippen LogP contribution in [0.2, 0.25) is 0 Å². The van der Waals surface area contributed by atoms with Crippen LogP contribution in [0.1, 0.15) is 10.4 Å². The first kappa shape index (κ1) is 13.5. The van der Waals surface area contributed by atoms with Gasteiger partial charge in [0, 0.05) is 11.3 Å². The molecule has 0 aromatic heterocycles. The number of carboxylic acid groups (broad SMARTS) is 1. The van der Waals surface area contributed by atoms with Crippen LogP contribution in [-0.4, -0.2) is 35.1 Å². The molecule has 0 spiro atoms. The van der Waals surface area contributed by atoms with Crippen molar-refractivity contribution in [2.75, 3.05) is 12.9 Å². The van der Waals surface area contributed by atoms with Gasteiger partial charge in [-0.25, -0.2) is 0 Å². The number of hydrogen-bond acceptors (Lipinski definition) is 5. The van der Waals surface area contributed by atoms with Gasteiger partial charge in [-0.2, -0.15) is 0 Å². The quantitative estimate of drug-likeness (QED) is 0.815. The van der Waals surface area contributed by atoms with E-state index in [9.17, 15) is 9.59 Å². The third-order valence-electron chi connectivity index (χ3n) is 2.04. The molecule has 0 radical (unpaired) electrons. The summed E-state index contributed by atoms with van der Waals surface area (Å²) >= 11 is 0.894. The number of aliphatic carboxylic acids is 1. The van der Waals surface area contributed by atoms with Crippen LogP contribution in [0.5, 0.6) is 5.75 Å². The predicted molar refractivity (Wildman–Crippen MR) is 65.4 cm³/mol. The maximum absolute atomic E-state index is 11.6. The number of hydrogen-bond donors (Lipinski definition) is 2. The summed E-state index contributed by atoms with van der Waals surface area (Å²) in [6.07, 6.45) is 0. The second-order valence-corrected chi connectivity index (χ2v) is 4.26. The Labute approximate surface area is 103 Å². The minimum Gasteiger partial charge on any atom is -0.497 e. The van der Waals surface area contributed by atoms with Gasteiger partial charge in [0.05, 0.1) is 7.11 Å². The van der Waals surface area contributed by atoms with Gasteiger partial charge in [0.2, 0.25) is 5.12 Å². The molecule has 0 bridgehead atoms. The predicted octanol–water partition coefficient (Wildman–Crippen LogP) is 0.980. The maximum Gasteiger partial charge on any atom is 0.321 e. The molecule has 1 rings (SSSR count). The third-order valence-corrected chi connectivity index (χ3v) is 3.06. The normalized spacial score (nSPS) is 11.9. The van der Waals surface area contributed by atoms with Crippen LogP contribution in [0.3, 0.4) is 0 Å². The van der Waals surface area contributed by atoms with Crippen LogP contribution >= 0.6 is 11.8 Å². The smallest absolute Gasteiger partial charge is 0.321 e. The van der Waals surface area contributed by atoms with E-state index >= 15 is 0 Å². The van der Waals surface area contributed by atoms with Crippen LogP contribution in [0.25, 0.3) is 0 Å². The van der Waals surface area contributed by atoms with Gasteiger partial charge in [0.25, 0.3) is 0 Å². The largest absolute Gasteiger partial charge is 0.497 e. The molecule has 0 amide bonds. The molecule has 5 nitrogen and oxygen atoms in total. The highest BCUT2D eigenvalue weighted by Crippen LogP contribution is 2.17. The van der Waals surface area contributed by atoms with Gasteiger partial charge >= 0.3 is 5.97 Å². The van der Waals surface area contributed by atoms with E-state index < -0.39 is 12.0 Å². The van der Waals surface area contributed by atoms with Gasteiger partial charge in [-0.3, -0.25) is 9.59 Å². The van der Waals surface area contributed by atoms with E-state index in [1.165, 1.54) is 7.11 Å². The first-order chi connectivity index (χ1) is 8.04. The van der Waals surface area contributed by atoms with Gasteiger partial charge in [-0.15, -0.1) is 0 Å². The second kappa shape index (κ2) is 6.27. The Balaban J connectivity index is 2.55. The number of benzene rings is 1. The Morgan fingerprint density at radius 2 is 2.00 bits per heavy atom. The van der Waals surface area contributed by atoms with Gasteiger partial charge in [0.15, 0.2) is 0 Å². The Morgan fingerprint density at radius 1 is 1.41 bits per heavy atom. The fourth-order valence-electron chi connectivity index (χ4n) is 1.05. The summed E-state index contributed by atoms with van der Waals surface area (Å²) in [5, 5.41) is 8.36. The average Bonchev–Trinajstić information content (AvgIpc) is 2.35. The van der Waals surface area contributed by atoms with Crippen molar-refractivity contribution in [3.63, 3.8) is 0 Å². The van der Waals surface area contributed by atoms with E-state index in [1.54, 1.807) is 24.3 Å². The minimum atomic E-state index is -1.11. The molecule has 3 N–H and O–H groups in total. The van der Waals surface area contributed by atoms with Crippen molar-refractivity contribution in [3.05, 3.63) is 29.8 Å². The summed E-state index contributed by atoms with van der Waals surface area (Å²) in [4.78, 5) is 22.1. The molecule has 0 heterocycles. The van der Waals surface area contributed by atoms with E-state index in [4.69, 9.17) is 15.6 Å². The summed E-state index contributed by atoms with van der Waals surface area (Å²) in [5.41, 5.74) is 5.79. The SMILES string of the molecule is COc1ccc(C(=O)SCC(N)C(=O)O)cc1. The summed E-state index contributed by atoms with van der Waals surface area (Å²) in [6, 6.07) is 5.57. The number of nitrogens with two attached hydrogens (primary N) is 1. The number of carbonyl (C=O) groups is 2. The molecule has 17 heavy (non-hydrogen) atoms. The Morgan fingerprint density at radius 3 is 2.47 bits per heavy atom. The molecule has 6 heteroatoms. The van der Waals surface area contributed by atoms with Gasteiger partial charge in [-0.05, 0) is 24.3 Å². The Bertz CT molecular complexity index is 404. The number of thioether (sulfide) groups is 1. The first-order valence-corrected chi connectivity index (χ1v) is 5.82. The standard InChI is InChI=1S/C11H13NO4S/c1-16-8-4-2-7(3-5-8)11(15)17-6-9(12)10(13)14/h2-5,9H,6,12H2,1H3,(H,13,14). The highest BCUT2D eigenvalue weighted by Gasteiger charge is 2.15. The number of carbonyl (C=O) groups excluding carboxylic acids is 1. The molecule has 0 saturated heterocycles. The van der Waals surface area contributed by atoms with E-state index in [-0.39, 0.29) is 10.9 Å². The highest BCUT2D eigenvalue weighted by molar-refractivity contribution is 8.14. The van der Waals surface area contributed by atoms with Crippen LogP contribution in [0, 0.1) is 0 Å². The molecule has 0 aliphatic carbocycles. The molecule has 92 valence electrons. The van der Waals surface area contributed by atoms with Crippen molar-refractivity contribution in [2.24, 2.45) is 5.73 Å². The molecule has 1 atom stereocenters. The molecule has 1 aromatic carbocycles. The summed E-state index contributed by atoms with van der Waals surface area (Å²) in [6.45, 7) is 0. The number of ether oxygens (including phenoxy) is 1. The fraction of sp³-hybridized carbons (Fsp3) is 0.273. The lowest BCUT2D eigenvalue weighted by Gasteiger charge is -2.05. The van der Waals surface area contributed by atoms with Crippen LogP contribution in [0.15, 0.2) is 24.3 Å². The average molecular weight is 255 g/mol. The zero-order chi connectivity index (χ0) is 12.8. The van der Waals surface area contributed by atoms with Gasteiger partial charge in [0.1, 0.15) is 11.8 Å². The van der Waals surface area contributed by atoms with E-state index in [0.717, 1.165) is 11.8 Å². The van der Waals surface area contributed by atoms with E-state index in [1.807, 2.05) is 0 Å². The van der Waals surface area contributed by atoms with Crippen LogP contribution in [-0.2, 0) is 4.79 Å². The number of rotatable bonds is 5. The molecule has 0 aliphatic heterocycles. The fourth-order valence-corrected chi connectivity index (χ4v) is 1.82. The number of carboxylic acids is 1. The van der Waals surface area contributed by atoms with E-state index in [2.05, 4.69) is 0 Å². The lowest BCUT2D eigenvalue weighted by atomic mass is 10.2. The number of methoxy groups -OCH3 is 1. The molecule has 0 saturated carbocycles. The Kier molecular flexibility index (Phi) is 4.99. The first-order valence-electron chi connectivity index (χ1n) is 4.84. The van der Waals surface area contributed by atoms with Gasteiger partial charge in [-0.1, -0.05) is 11.8 Å². The molecule has 1 unspecified atom stereocenters. The molecule has 0 aliphatic rings. The highest BCUT2D eigenvalue weighted by atomic mass is 32.2. The second-order valence-electron chi connectivity index (χ2n) is 3.27. The topological polar surface area (TPSA) is 89.6 Å². The van der Waals surface area contributed by atoms with Crippen molar-refractivity contribution in [1.82, 2.24) is 0 Å². The lowest BCUT2D eigenvalue weighted by Crippen LogP contribution is -2.32. The zero-order valence-electron chi connectivity index (χ0n) is 9.25. The van der Waals surface area contributed by atoms with Crippen LogP contribution in [0.4, 0.5) is 0 Å². The van der Waals surface area contributed by atoms with Crippen molar-refractivity contribution < 1.29 is 19.4 Å². The monoisotopic (exact) mass is 255 g/mol. The minimum absolute atomic E-state index is 0.0557. The summed E-state index contributed by atoms with van der Waals surface area (Å²) in [5.74, 6) is -0.394. The molecule has 1 aromatic rings. The molecular formula is C11H13NO4S. The van der Waals surface area contributed by atoms with E-state index in [0.29, 0.717) is 11.3 Å². The van der Waals surface area contributed by atoms with Crippen molar-refractivity contribution in [1.29, 1.82) is 0 Å². The van der Waals surface area contributed by atoms with Crippen molar-refractivity contribution in [2.45, 2.75) is 6.04 Å². The van der Waals surface area contributed by atoms with Gasteiger partial charge < -0.3 is 15.6 Å². The Hall–Kier alpha value is -1.53.